The van der Waals surface area contributed by atoms with Crippen LogP contribution >= 0.6 is 0 Å². The third-order valence-corrected chi connectivity index (χ3v) is 5.73. The Morgan fingerprint density at radius 3 is 2.29 bits per heavy atom. The molecule has 5 rings (SSSR count). The maximum absolute atomic E-state index is 13.1. The summed E-state index contributed by atoms with van der Waals surface area (Å²) in [6.07, 6.45) is -3.06. The molecule has 0 spiro atoms. The third kappa shape index (κ3) is 5.39. The lowest BCUT2D eigenvalue weighted by Gasteiger charge is -2.09. The van der Waals surface area contributed by atoms with Crippen molar-refractivity contribution < 1.29 is 22.8 Å². The van der Waals surface area contributed by atoms with Crippen molar-refractivity contribution in [2.45, 2.75) is 13.1 Å². The molecule has 2 heterocycles. The van der Waals surface area contributed by atoms with E-state index in [0.717, 1.165) is 23.3 Å². The van der Waals surface area contributed by atoms with Crippen molar-refractivity contribution in [2.24, 2.45) is 0 Å². The van der Waals surface area contributed by atoms with Gasteiger partial charge in [0.2, 0.25) is 5.91 Å². The Hall–Kier alpha value is -4.99. The van der Waals surface area contributed by atoms with E-state index in [0.29, 0.717) is 39.5 Å². The summed E-state index contributed by atoms with van der Waals surface area (Å²) in [6.45, 7) is 1.37. The minimum atomic E-state index is -4.44. The van der Waals surface area contributed by atoms with Crippen molar-refractivity contribution in [1.82, 2.24) is 15.0 Å². The van der Waals surface area contributed by atoms with Gasteiger partial charge in [-0.25, -0.2) is 9.97 Å². The fraction of sp³-hybridized carbons (Fsp3) is 0.0714. The highest BCUT2D eigenvalue weighted by atomic mass is 19.4. The summed E-state index contributed by atoms with van der Waals surface area (Å²) < 4.78 is 39.2. The predicted molar refractivity (Wildman–Crippen MR) is 138 cm³/mol. The summed E-state index contributed by atoms with van der Waals surface area (Å²) in [5.41, 5.74) is 3.22. The van der Waals surface area contributed by atoms with Gasteiger partial charge in [-0.05, 0) is 59.7 Å². The van der Waals surface area contributed by atoms with Gasteiger partial charge in [0, 0.05) is 24.4 Å². The van der Waals surface area contributed by atoms with Gasteiger partial charge in [-0.15, -0.1) is 0 Å². The monoisotopic (exact) mass is 515 g/mol. The molecule has 0 aliphatic carbocycles. The van der Waals surface area contributed by atoms with E-state index in [1.807, 2.05) is 36.4 Å². The van der Waals surface area contributed by atoms with Crippen LogP contribution in [-0.2, 0) is 11.0 Å². The molecule has 0 saturated heterocycles. The quantitative estimate of drug-likeness (QED) is 0.248. The summed E-state index contributed by atoms with van der Waals surface area (Å²) >= 11 is 0. The number of H-pyrrole nitrogens is 1. The van der Waals surface area contributed by atoms with Crippen LogP contribution in [0, 0.1) is 0 Å². The van der Waals surface area contributed by atoms with Crippen LogP contribution in [0.25, 0.3) is 33.5 Å². The van der Waals surface area contributed by atoms with Crippen molar-refractivity contribution in [3.8, 4) is 22.5 Å². The molecule has 10 heteroatoms. The van der Waals surface area contributed by atoms with Gasteiger partial charge >= 0.3 is 6.18 Å². The standard InChI is InChI=1S/C28H20F3N5O2/c1-16(37)33-25-11-8-20(15-32-25)27(38)34-22-7-3-5-18(13-22)17-4-2-6-19(12-17)26-35-23-10-9-21(28(29,30)31)14-24(23)36-26/h2-15H,1H3,(H,34,38)(H,35,36)(H,32,33,37). The first kappa shape index (κ1) is 24.7. The number of rotatable bonds is 5. The first-order valence-corrected chi connectivity index (χ1v) is 11.5. The lowest BCUT2D eigenvalue weighted by atomic mass is 10.0. The van der Waals surface area contributed by atoms with E-state index < -0.39 is 11.7 Å². The minimum Gasteiger partial charge on any atom is -0.338 e. The van der Waals surface area contributed by atoms with Gasteiger partial charge in [-0.1, -0.05) is 30.3 Å². The normalized spacial score (nSPS) is 11.4. The molecule has 0 aliphatic rings. The van der Waals surface area contributed by atoms with Gasteiger partial charge in [-0.2, -0.15) is 13.2 Å². The molecule has 5 aromatic rings. The molecule has 0 aliphatic heterocycles. The number of fused-ring (bicyclic) bond motifs is 1. The van der Waals surface area contributed by atoms with E-state index in [2.05, 4.69) is 25.6 Å². The van der Waals surface area contributed by atoms with Crippen LogP contribution in [0.5, 0.6) is 0 Å². The van der Waals surface area contributed by atoms with Crippen LogP contribution in [0.4, 0.5) is 24.7 Å². The lowest BCUT2D eigenvalue weighted by Crippen LogP contribution is -2.13. The zero-order chi connectivity index (χ0) is 26.9. The number of aromatic amines is 1. The molecule has 38 heavy (non-hydrogen) atoms. The maximum atomic E-state index is 13.1. The third-order valence-electron chi connectivity index (χ3n) is 5.73. The maximum Gasteiger partial charge on any atom is 0.416 e. The van der Waals surface area contributed by atoms with Gasteiger partial charge in [0.25, 0.3) is 5.91 Å². The molecule has 0 fully saturated rings. The highest BCUT2D eigenvalue weighted by Gasteiger charge is 2.30. The zero-order valence-corrected chi connectivity index (χ0v) is 19.9. The second-order valence-corrected chi connectivity index (χ2v) is 8.54. The number of carbonyl (C=O) groups excluding carboxylic acids is 2. The molecule has 2 aromatic heterocycles. The molecular weight excluding hydrogens is 495 g/mol. The number of anilines is 2. The van der Waals surface area contributed by atoms with Crippen LogP contribution in [0.1, 0.15) is 22.8 Å². The van der Waals surface area contributed by atoms with Crippen molar-refractivity contribution in [3.63, 3.8) is 0 Å². The second-order valence-electron chi connectivity index (χ2n) is 8.54. The van der Waals surface area contributed by atoms with E-state index in [4.69, 9.17) is 0 Å². The fourth-order valence-corrected chi connectivity index (χ4v) is 3.93. The van der Waals surface area contributed by atoms with E-state index in [1.54, 1.807) is 24.3 Å². The topological polar surface area (TPSA) is 99.8 Å². The van der Waals surface area contributed by atoms with Crippen molar-refractivity contribution in [2.75, 3.05) is 10.6 Å². The highest BCUT2D eigenvalue weighted by Crippen LogP contribution is 2.32. The molecule has 7 nitrogen and oxygen atoms in total. The Morgan fingerprint density at radius 2 is 1.58 bits per heavy atom. The Bertz CT molecular complexity index is 1660. The number of amides is 2. The summed E-state index contributed by atoms with van der Waals surface area (Å²) in [7, 11) is 0. The SMILES string of the molecule is CC(=O)Nc1ccc(C(=O)Nc2cccc(-c3cccc(-c4nc5ccc(C(F)(F)F)cc5[nH]4)c3)c2)cn1. The van der Waals surface area contributed by atoms with Crippen molar-refractivity contribution in [3.05, 3.63) is 96.2 Å². The number of benzene rings is 3. The van der Waals surface area contributed by atoms with Gasteiger partial charge in [0.15, 0.2) is 0 Å². The van der Waals surface area contributed by atoms with Gasteiger partial charge in [-0.3, -0.25) is 9.59 Å². The average molecular weight is 515 g/mol. The number of pyridine rings is 1. The smallest absolute Gasteiger partial charge is 0.338 e. The molecular formula is C28H20F3N5O2. The first-order valence-electron chi connectivity index (χ1n) is 11.5. The Morgan fingerprint density at radius 1 is 0.842 bits per heavy atom. The average Bonchev–Trinajstić information content (AvgIpc) is 3.32. The molecule has 3 N–H and O–H groups in total. The van der Waals surface area contributed by atoms with Crippen LogP contribution < -0.4 is 10.6 Å². The highest BCUT2D eigenvalue weighted by molar-refractivity contribution is 6.04. The zero-order valence-electron chi connectivity index (χ0n) is 19.9. The van der Waals surface area contributed by atoms with E-state index in [1.165, 1.54) is 19.2 Å². The Balaban J connectivity index is 1.37. The lowest BCUT2D eigenvalue weighted by molar-refractivity contribution is -0.137. The second kappa shape index (κ2) is 9.81. The predicted octanol–water partition coefficient (Wildman–Crippen LogP) is 6.52. The molecule has 0 saturated carbocycles. The molecule has 190 valence electrons. The number of hydrogen-bond donors (Lipinski definition) is 3. The molecule has 0 bridgehead atoms. The summed E-state index contributed by atoms with van der Waals surface area (Å²) in [5.74, 6) is 0.173. The number of nitrogens with zero attached hydrogens (tertiary/aromatic N) is 2. The minimum absolute atomic E-state index is 0.258. The van der Waals surface area contributed by atoms with E-state index in [9.17, 15) is 22.8 Å². The molecule has 0 unspecified atom stereocenters. The van der Waals surface area contributed by atoms with E-state index >= 15 is 0 Å². The number of aromatic nitrogens is 3. The fourth-order valence-electron chi connectivity index (χ4n) is 3.93. The Labute approximate surface area is 214 Å². The number of hydrogen-bond acceptors (Lipinski definition) is 4. The van der Waals surface area contributed by atoms with Crippen molar-refractivity contribution in [1.29, 1.82) is 0 Å². The van der Waals surface area contributed by atoms with E-state index in [-0.39, 0.29) is 11.8 Å². The number of imidazole rings is 1. The molecule has 3 aromatic carbocycles. The molecule has 0 atom stereocenters. The summed E-state index contributed by atoms with van der Waals surface area (Å²) in [6, 6.07) is 21.1. The van der Waals surface area contributed by atoms with Gasteiger partial charge < -0.3 is 15.6 Å². The Kier molecular flexibility index (Phi) is 6.38. The molecule has 2 amide bonds. The number of carbonyl (C=O) groups is 2. The van der Waals surface area contributed by atoms with Crippen LogP contribution in [0.3, 0.4) is 0 Å². The summed E-state index contributed by atoms with van der Waals surface area (Å²) in [4.78, 5) is 35.3. The van der Waals surface area contributed by atoms with Gasteiger partial charge in [0.05, 0.1) is 22.2 Å². The van der Waals surface area contributed by atoms with Crippen LogP contribution in [0.15, 0.2) is 85.1 Å². The number of nitrogens with one attached hydrogen (secondary N) is 3. The van der Waals surface area contributed by atoms with Crippen LogP contribution in [-0.4, -0.2) is 26.8 Å². The van der Waals surface area contributed by atoms with Crippen molar-refractivity contribution >= 4 is 34.4 Å². The van der Waals surface area contributed by atoms with Crippen LogP contribution in [0.2, 0.25) is 0 Å². The van der Waals surface area contributed by atoms with Gasteiger partial charge in [0.1, 0.15) is 11.6 Å². The number of alkyl halides is 3. The first-order chi connectivity index (χ1) is 18.2. The largest absolute Gasteiger partial charge is 0.416 e. The molecule has 0 radical (unpaired) electrons. The number of halogens is 3. The summed E-state index contributed by atoms with van der Waals surface area (Å²) in [5, 5.41) is 5.38.